The average molecular weight is 345 g/mol. The molecule has 0 spiro atoms. The molecule has 7 nitrogen and oxygen atoms in total. The van der Waals surface area contributed by atoms with Gasteiger partial charge in [0.25, 0.3) is 0 Å². The van der Waals surface area contributed by atoms with Crippen molar-refractivity contribution in [1.29, 1.82) is 0 Å². The van der Waals surface area contributed by atoms with Gasteiger partial charge in [0, 0.05) is 13.3 Å². The lowest BCUT2D eigenvalue weighted by atomic mass is 10.2. The second kappa shape index (κ2) is 6.23. The van der Waals surface area contributed by atoms with Crippen LogP contribution in [0.2, 0.25) is 5.02 Å². The lowest BCUT2D eigenvalue weighted by Gasteiger charge is -2.22. The maximum atomic E-state index is 12.1. The lowest BCUT2D eigenvalue weighted by Crippen LogP contribution is -2.35. The van der Waals surface area contributed by atoms with Crippen molar-refractivity contribution < 1.29 is 13.2 Å². The molecule has 0 fully saturated rings. The molecular formula is C13H17ClN4O3S. The van der Waals surface area contributed by atoms with Crippen molar-refractivity contribution in [2.75, 3.05) is 17.6 Å². The largest absolute Gasteiger partial charge is 0.378 e. The summed E-state index contributed by atoms with van der Waals surface area (Å²) in [5, 5.41) is 4.48. The summed E-state index contributed by atoms with van der Waals surface area (Å²) in [6.07, 6.45) is 4.47. The number of anilines is 1. The second-order valence-corrected chi connectivity index (χ2v) is 7.44. The van der Waals surface area contributed by atoms with E-state index >= 15 is 0 Å². The molecule has 2 rings (SSSR count). The highest BCUT2D eigenvalue weighted by Crippen LogP contribution is 2.19. The van der Waals surface area contributed by atoms with Gasteiger partial charge in [0.1, 0.15) is 0 Å². The Morgan fingerprint density at radius 2 is 2.18 bits per heavy atom. The first-order valence-electron chi connectivity index (χ1n) is 6.44. The summed E-state index contributed by atoms with van der Waals surface area (Å²) < 4.78 is 33.2. The minimum absolute atomic E-state index is 0.175. The standard InChI is InChI=1S/C13H17ClN4O3S/c1-13(2,21-3)9-22(19,20)17-10-7-16-18(8-10)12-11(14)5-4-6-15-12/h4-8,17H,9H2,1-3H3. The van der Waals surface area contributed by atoms with E-state index < -0.39 is 15.6 Å². The van der Waals surface area contributed by atoms with Crippen LogP contribution in [0.25, 0.3) is 5.82 Å². The summed E-state index contributed by atoms with van der Waals surface area (Å²) in [5.74, 6) is 0.248. The van der Waals surface area contributed by atoms with Crippen molar-refractivity contribution in [2.45, 2.75) is 19.4 Å². The molecule has 0 atom stereocenters. The predicted molar refractivity (Wildman–Crippen MR) is 84.9 cm³/mol. The van der Waals surface area contributed by atoms with E-state index in [2.05, 4.69) is 14.8 Å². The molecule has 0 saturated carbocycles. The first-order valence-corrected chi connectivity index (χ1v) is 8.47. The van der Waals surface area contributed by atoms with Gasteiger partial charge in [0.15, 0.2) is 5.82 Å². The van der Waals surface area contributed by atoms with Gasteiger partial charge in [-0.3, -0.25) is 4.72 Å². The fourth-order valence-corrected chi connectivity index (χ4v) is 3.55. The number of methoxy groups -OCH3 is 1. The first-order chi connectivity index (χ1) is 10.2. The highest BCUT2D eigenvalue weighted by Gasteiger charge is 2.26. The van der Waals surface area contributed by atoms with E-state index in [1.165, 1.54) is 24.2 Å². The fraction of sp³-hybridized carbons (Fsp3) is 0.385. The van der Waals surface area contributed by atoms with Gasteiger partial charge in [-0.15, -0.1) is 0 Å². The van der Waals surface area contributed by atoms with Gasteiger partial charge in [-0.05, 0) is 26.0 Å². The zero-order valence-corrected chi connectivity index (χ0v) is 14.0. The maximum Gasteiger partial charge on any atom is 0.235 e. The number of nitrogens with zero attached hydrogens (tertiary/aromatic N) is 3. The molecule has 120 valence electrons. The molecule has 0 aliphatic heterocycles. The normalized spacial score (nSPS) is 12.4. The zero-order valence-electron chi connectivity index (χ0n) is 12.4. The van der Waals surface area contributed by atoms with Gasteiger partial charge >= 0.3 is 0 Å². The van der Waals surface area contributed by atoms with Gasteiger partial charge in [-0.2, -0.15) is 5.10 Å². The van der Waals surface area contributed by atoms with E-state index in [0.717, 1.165) is 0 Å². The zero-order chi connectivity index (χ0) is 16.4. The highest BCUT2D eigenvalue weighted by molar-refractivity contribution is 7.92. The number of sulfonamides is 1. The van der Waals surface area contributed by atoms with Crippen LogP contribution in [0.5, 0.6) is 0 Å². The van der Waals surface area contributed by atoms with Crippen LogP contribution in [0, 0.1) is 0 Å². The van der Waals surface area contributed by atoms with E-state index in [0.29, 0.717) is 16.5 Å². The monoisotopic (exact) mass is 344 g/mol. The Morgan fingerprint density at radius 3 is 2.82 bits per heavy atom. The van der Waals surface area contributed by atoms with E-state index in [1.54, 1.807) is 32.2 Å². The summed E-state index contributed by atoms with van der Waals surface area (Å²) in [6, 6.07) is 3.38. The summed E-state index contributed by atoms with van der Waals surface area (Å²) in [7, 11) is -2.10. The molecule has 0 radical (unpaired) electrons. The van der Waals surface area contributed by atoms with Crippen LogP contribution in [0.15, 0.2) is 30.7 Å². The molecule has 9 heteroatoms. The van der Waals surface area contributed by atoms with Crippen LogP contribution < -0.4 is 4.72 Å². The van der Waals surface area contributed by atoms with Crippen molar-refractivity contribution in [3.8, 4) is 5.82 Å². The van der Waals surface area contributed by atoms with Crippen molar-refractivity contribution in [3.63, 3.8) is 0 Å². The molecule has 0 aliphatic rings. The topological polar surface area (TPSA) is 86.1 Å². The van der Waals surface area contributed by atoms with Crippen molar-refractivity contribution in [2.24, 2.45) is 0 Å². The molecular weight excluding hydrogens is 328 g/mol. The molecule has 2 heterocycles. The molecule has 2 aromatic heterocycles. The molecule has 0 unspecified atom stereocenters. The van der Waals surface area contributed by atoms with Crippen LogP contribution in [-0.4, -0.2) is 41.6 Å². The number of pyridine rings is 1. The third kappa shape index (κ3) is 4.19. The third-order valence-electron chi connectivity index (χ3n) is 2.90. The minimum Gasteiger partial charge on any atom is -0.378 e. The van der Waals surface area contributed by atoms with Crippen LogP contribution >= 0.6 is 11.6 Å². The van der Waals surface area contributed by atoms with E-state index in [9.17, 15) is 8.42 Å². The summed E-state index contributed by atoms with van der Waals surface area (Å²) in [6.45, 7) is 3.40. The first kappa shape index (κ1) is 16.7. The van der Waals surface area contributed by atoms with Gasteiger partial charge in [0.05, 0.1) is 34.5 Å². The summed E-state index contributed by atoms with van der Waals surface area (Å²) in [5.41, 5.74) is -0.458. The smallest absolute Gasteiger partial charge is 0.235 e. The van der Waals surface area contributed by atoms with Crippen LogP contribution in [-0.2, 0) is 14.8 Å². The maximum absolute atomic E-state index is 12.1. The SMILES string of the molecule is COC(C)(C)CS(=O)(=O)Nc1cnn(-c2ncccc2Cl)c1. The number of rotatable bonds is 6. The molecule has 0 bridgehead atoms. The van der Waals surface area contributed by atoms with E-state index in [4.69, 9.17) is 16.3 Å². The number of ether oxygens (including phenoxy) is 1. The number of halogens is 1. The molecule has 0 aromatic carbocycles. The number of hydrogen-bond donors (Lipinski definition) is 1. The van der Waals surface area contributed by atoms with Crippen molar-refractivity contribution in [3.05, 3.63) is 35.7 Å². The van der Waals surface area contributed by atoms with Crippen molar-refractivity contribution in [1.82, 2.24) is 14.8 Å². The molecule has 1 N–H and O–H groups in total. The molecule has 2 aromatic rings. The average Bonchev–Trinajstić information content (AvgIpc) is 2.85. The summed E-state index contributed by atoms with van der Waals surface area (Å²) >= 11 is 6.03. The molecule has 0 aliphatic carbocycles. The van der Waals surface area contributed by atoms with Crippen LogP contribution in [0.3, 0.4) is 0 Å². The molecule has 0 saturated heterocycles. The van der Waals surface area contributed by atoms with Crippen molar-refractivity contribution >= 4 is 27.3 Å². The minimum atomic E-state index is -3.57. The van der Waals surface area contributed by atoms with E-state index in [1.807, 2.05) is 0 Å². The Hall–Kier alpha value is -1.64. The van der Waals surface area contributed by atoms with Gasteiger partial charge in [0.2, 0.25) is 10.0 Å². The Bertz CT molecular complexity index is 758. The Morgan fingerprint density at radius 1 is 1.45 bits per heavy atom. The Balaban J connectivity index is 2.18. The fourth-order valence-electron chi connectivity index (χ4n) is 1.77. The number of aromatic nitrogens is 3. The van der Waals surface area contributed by atoms with Crippen LogP contribution in [0.1, 0.15) is 13.8 Å². The molecule has 0 amide bonds. The van der Waals surface area contributed by atoms with Gasteiger partial charge in [-0.25, -0.2) is 18.1 Å². The second-order valence-electron chi connectivity index (χ2n) is 5.31. The van der Waals surface area contributed by atoms with Gasteiger partial charge in [-0.1, -0.05) is 11.6 Å². The number of hydrogen-bond acceptors (Lipinski definition) is 5. The summed E-state index contributed by atoms with van der Waals surface area (Å²) in [4.78, 5) is 4.10. The number of nitrogens with one attached hydrogen (secondary N) is 1. The quantitative estimate of drug-likeness (QED) is 0.867. The predicted octanol–water partition coefficient (Wildman–Crippen LogP) is 2.09. The Kier molecular flexibility index (Phi) is 4.74. The lowest BCUT2D eigenvalue weighted by molar-refractivity contribution is 0.0426. The van der Waals surface area contributed by atoms with E-state index in [-0.39, 0.29) is 5.75 Å². The third-order valence-corrected chi connectivity index (χ3v) is 4.82. The highest BCUT2D eigenvalue weighted by atomic mass is 35.5. The molecule has 22 heavy (non-hydrogen) atoms. The van der Waals surface area contributed by atoms with Crippen LogP contribution in [0.4, 0.5) is 5.69 Å². The Labute approximate surface area is 134 Å². The van der Waals surface area contributed by atoms with Gasteiger partial charge < -0.3 is 4.74 Å².